The first kappa shape index (κ1) is 10.7. The van der Waals surface area contributed by atoms with E-state index in [4.69, 9.17) is 16.3 Å². The van der Waals surface area contributed by atoms with Crippen molar-refractivity contribution in [1.82, 2.24) is 0 Å². The summed E-state index contributed by atoms with van der Waals surface area (Å²) in [6.45, 7) is -2.82. The smallest absolute Gasteiger partial charge is 0.435 e. The maximum Gasteiger partial charge on any atom is 0.495 e. The third-order valence-corrected chi connectivity index (χ3v) is 2.27. The molecule has 0 aliphatic carbocycles. The van der Waals surface area contributed by atoms with Crippen LogP contribution in [0.3, 0.4) is 0 Å². The van der Waals surface area contributed by atoms with Crippen LogP contribution >= 0.6 is 11.6 Å². The molecule has 0 radical (unpaired) electrons. The zero-order valence-corrected chi connectivity index (χ0v) is 8.17. The maximum absolute atomic E-state index is 12.1. The molecule has 0 unspecified atom stereocenters. The van der Waals surface area contributed by atoms with Gasteiger partial charge in [-0.15, -0.1) is 0 Å². The van der Waals surface area contributed by atoms with Gasteiger partial charge in [-0.2, -0.15) is 8.78 Å². The fraction of sp³-hybridized carbons (Fsp3) is 0.250. The van der Waals surface area contributed by atoms with Gasteiger partial charge in [0.2, 0.25) is 0 Å². The van der Waals surface area contributed by atoms with Crippen molar-refractivity contribution in [3.05, 3.63) is 22.7 Å². The van der Waals surface area contributed by atoms with Gasteiger partial charge in [-0.25, -0.2) is 0 Å². The van der Waals surface area contributed by atoms with Crippen molar-refractivity contribution in [2.45, 2.75) is 13.2 Å². The average Bonchev–Trinajstić information content (AvgIpc) is 2.46. The number of rotatable bonds is 2. The molecule has 1 heterocycles. The fourth-order valence-electron chi connectivity index (χ4n) is 1.49. The first-order valence-electron chi connectivity index (χ1n) is 4.14. The van der Waals surface area contributed by atoms with Crippen molar-refractivity contribution in [3.63, 3.8) is 0 Å². The molecule has 1 aromatic carbocycles. The Kier molecular flexibility index (Phi) is 2.82. The zero-order valence-electron chi connectivity index (χ0n) is 7.41. The van der Waals surface area contributed by atoms with Gasteiger partial charge in [0, 0.05) is 10.5 Å². The highest BCUT2D eigenvalue weighted by Crippen LogP contribution is 2.25. The van der Waals surface area contributed by atoms with E-state index in [9.17, 15) is 13.8 Å². The quantitative estimate of drug-likeness (QED) is 0.781. The van der Waals surface area contributed by atoms with Crippen LogP contribution in [0.2, 0.25) is 5.02 Å². The molecular formula is C8H6BClF2O3. The van der Waals surface area contributed by atoms with Crippen LogP contribution in [0.15, 0.2) is 12.1 Å². The number of benzene rings is 1. The standard InChI is InChI=1S/C8H6BClF2O3/c10-5-1-4-3-14-9(13)7(4)6(2-5)15-8(11)12/h1-2,8,13H,3H2. The van der Waals surface area contributed by atoms with Crippen molar-refractivity contribution < 1.29 is 23.2 Å². The van der Waals surface area contributed by atoms with Gasteiger partial charge in [-0.1, -0.05) is 11.6 Å². The Morgan fingerprint density at radius 1 is 1.53 bits per heavy atom. The number of fused-ring (bicyclic) bond motifs is 1. The van der Waals surface area contributed by atoms with Crippen molar-refractivity contribution in [2.24, 2.45) is 0 Å². The summed E-state index contributed by atoms with van der Waals surface area (Å²) in [5.41, 5.74) is 0.783. The molecule has 0 spiro atoms. The van der Waals surface area contributed by atoms with Gasteiger partial charge >= 0.3 is 13.7 Å². The Balaban J connectivity index is 2.44. The van der Waals surface area contributed by atoms with Crippen LogP contribution in [-0.4, -0.2) is 18.8 Å². The van der Waals surface area contributed by atoms with Crippen molar-refractivity contribution in [2.75, 3.05) is 0 Å². The minimum Gasteiger partial charge on any atom is -0.435 e. The molecule has 0 amide bonds. The molecule has 3 nitrogen and oxygen atoms in total. The molecule has 1 N–H and O–H groups in total. The third kappa shape index (κ3) is 2.06. The lowest BCUT2D eigenvalue weighted by Gasteiger charge is -2.09. The minimum atomic E-state index is -2.96. The van der Waals surface area contributed by atoms with E-state index in [1.54, 1.807) is 6.07 Å². The predicted molar refractivity (Wildman–Crippen MR) is 50.5 cm³/mol. The predicted octanol–water partition coefficient (Wildman–Crippen LogP) is 1.16. The van der Waals surface area contributed by atoms with Gasteiger partial charge < -0.3 is 14.4 Å². The molecule has 2 rings (SSSR count). The Morgan fingerprint density at radius 2 is 2.27 bits per heavy atom. The molecule has 15 heavy (non-hydrogen) atoms. The highest BCUT2D eigenvalue weighted by atomic mass is 35.5. The molecule has 7 heteroatoms. The van der Waals surface area contributed by atoms with E-state index in [1.807, 2.05) is 0 Å². The molecule has 0 atom stereocenters. The van der Waals surface area contributed by atoms with Crippen molar-refractivity contribution in [1.29, 1.82) is 0 Å². The Hall–Kier alpha value is -0.845. The third-order valence-electron chi connectivity index (χ3n) is 2.05. The first-order chi connectivity index (χ1) is 7.08. The molecule has 0 fully saturated rings. The van der Waals surface area contributed by atoms with Crippen LogP contribution in [0.1, 0.15) is 5.56 Å². The molecule has 0 saturated carbocycles. The van der Waals surface area contributed by atoms with E-state index >= 15 is 0 Å². The van der Waals surface area contributed by atoms with E-state index < -0.39 is 13.7 Å². The second-order valence-corrected chi connectivity index (χ2v) is 3.46. The summed E-state index contributed by atoms with van der Waals surface area (Å²) >= 11 is 5.70. The summed E-state index contributed by atoms with van der Waals surface area (Å²) in [5, 5.41) is 9.64. The topological polar surface area (TPSA) is 38.7 Å². The van der Waals surface area contributed by atoms with Crippen LogP contribution in [0.5, 0.6) is 5.75 Å². The summed E-state index contributed by atoms with van der Waals surface area (Å²) in [6, 6.07) is 2.77. The number of hydrogen-bond acceptors (Lipinski definition) is 3. The van der Waals surface area contributed by atoms with Crippen molar-refractivity contribution in [3.8, 4) is 5.75 Å². The van der Waals surface area contributed by atoms with E-state index in [0.29, 0.717) is 5.56 Å². The van der Waals surface area contributed by atoms with Gasteiger partial charge in [-0.05, 0) is 17.7 Å². The Labute approximate surface area is 89.7 Å². The van der Waals surface area contributed by atoms with Crippen LogP contribution < -0.4 is 10.2 Å². The monoisotopic (exact) mass is 234 g/mol. The van der Waals surface area contributed by atoms with Crippen LogP contribution in [0.4, 0.5) is 8.78 Å². The summed E-state index contributed by atoms with van der Waals surface area (Å²) in [5.74, 6) is -0.141. The van der Waals surface area contributed by atoms with Gasteiger partial charge in [0.25, 0.3) is 0 Å². The fourth-order valence-corrected chi connectivity index (χ4v) is 1.72. The van der Waals surface area contributed by atoms with E-state index in [2.05, 4.69) is 4.74 Å². The number of alkyl halides is 2. The molecule has 1 aliphatic heterocycles. The highest BCUT2D eigenvalue weighted by Gasteiger charge is 2.32. The van der Waals surface area contributed by atoms with Gasteiger partial charge in [0.15, 0.2) is 0 Å². The van der Waals surface area contributed by atoms with Crippen LogP contribution in [0, 0.1) is 0 Å². The van der Waals surface area contributed by atoms with E-state index in [0.717, 1.165) is 0 Å². The summed E-state index contributed by atoms with van der Waals surface area (Å²) in [6.07, 6.45) is 0. The molecule has 0 aromatic heterocycles. The van der Waals surface area contributed by atoms with Crippen LogP contribution in [0.25, 0.3) is 0 Å². The van der Waals surface area contributed by atoms with E-state index in [-0.39, 0.29) is 22.8 Å². The summed E-state index contributed by atoms with van der Waals surface area (Å²) < 4.78 is 33.2. The molecule has 1 aromatic rings. The van der Waals surface area contributed by atoms with Crippen molar-refractivity contribution >= 4 is 24.2 Å². The van der Waals surface area contributed by atoms with Gasteiger partial charge in [-0.3, -0.25) is 0 Å². The minimum absolute atomic E-state index is 0.136. The number of hydrogen-bond donors (Lipinski definition) is 1. The summed E-state index contributed by atoms with van der Waals surface area (Å²) in [7, 11) is -1.23. The second-order valence-electron chi connectivity index (χ2n) is 3.02. The SMILES string of the molecule is OB1OCc2cc(Cl)cc(OC(F)F)c21. The largest absolute Gasteiger partial charge is 0.495 e. The Morgan fingerprint density at radius 3 is 2.93 bits per heavy atom. The lowest BCUT2D eigenvalue weighted by molar-refractivity contribution is -0.0492. The number of halogens is 3. The lowest BCUT2D eigenvalue weighted by atomic mass is 9.79. The highest BCUT2D eigenvalue weighted by molar-refractivity contribution is 6.62. The normalized spacial score (nSPS) is 14.6. The van der Waals surface area contributed by atoms with Gasteiger partial charge in [0.1, 0.15) is 5.75 Å². The molecule has 0 saturated heterocycles. The molecule has 1 aliphatic rings. The number of ether oxygens (including phenoxy) is 1. The zero-order chi connectivity index (χ0) is 11.0. The maximum atomic E-state index is 12.1. The molecular weight excluding hydrogens is 228 g/mol. The lowest BCUT2D eigenvalue weighted by Crippen LogP contribution is -2.30. The van der Waals surface area contributed by atoms with E-state index in [1.165, 1.54) is 6.07 Å². The molecule has 0 bridgehead atoms. The first-order valence-corrected chi connectivity index (χ1v) is 4.52. The van der Waals surface area contributed by atoms with Gasteiger partial charge in [0.05, 0.1) is 6.61 Å². The van der Waals surface area contributed by atoms with Crippen LogP contribution in [-0.2, 0) is 11.3 Å². The molecule has 80 valence electrons. The average molecular weight is 234 g/mol. The Bertz CT molecular complexity index is 388. The second kappa shape index (κ2) is 3.96. The summed E-state index contributed by atoms with van der Waals surface area (Å²) in [4.78, 5) is 0.